The molecule has 2 aromatic carbocycles. The van der Waals surface area contributed by atoms with Crippen molar-refractivity contribution in [1.82, 2.24) is 5.32 Å². The van der Waals surface area contributed by atoms with Crippen LogP contribution in [-0.2, 0) is 20.7 Å². The van der Waals surface area contributed by atoms with Crippen LogP contribution in [-0.4, -0.2) is 24.2 Å². The Bertz CT molecular complexity index is 748. The van der Waals surface area contributed by atoms with Crippen molar-refractivity contribution < 1.29 is 14.3 Å². The maximum atomic E-state index is 12.1. The predicted molar refractivity (Wildman–Crippen MR) is 103 cm³/mol. The minimum Gasteiger partial charge on any atom is -0.456 e. The molecular formula is C21H23NO3S. The molecule has 0 heterocycles. The number of rotatable bonds is 7. The van der Waals surface area contributed by atoms with Crippen LogP contribution < -0.4 is 5.32 Å². The smallest absolute Gasteiger partial charge is 0.307 e. The number of ether oxygens (including phenoxy) is 1. The first-order valence-corrected chi connectivity index (χ1v) is 9.91. The molecule has 0 aromatic heterocycles. The number of hydrogen-bond acceptors (Lipinski definition) is 4. The lowest BCUT2D eigenvalue weighted by atomic mass is 9.88. The van der Waals surface area contributed by atoms with Crippen molar-refractivity contribution >= 4 is 23.6 Å². The molecule has 0 aliphatic heterocycles. The molecule has 0 unspecified atom stereocenters. The van der Waals surface area contributed by atoms with Crippen LogP contribution in [0.1, 0.15) is 36.4 Å². The van der Waals surface area contributed by atoms with Crippen LogP contribution in [0, 0.1) is 0 Å². The van der Waals surface area contributed by atoms with E-state index in [1.807, 2.05) is 42.5 Å². The van der Waals surface area contributed by atoms with E-state index in [1.54, 1.807) is 11.8 Å². The van der Waals surface area contributed by atoms with Gasteiger partial charge in [0.2, 0.25) is 0 Å². The number of amides is 1. The summed E-state index contributed by atoms with van der Waals surface area (Å²) in [7, 11) is 0. The molecule has 0 fully saturated rings. The van der Waals surface area contributed by atoms with Gasteiger partial charge >= 0.3 is 5.97 Å². The first kappa shape index (κ1) is 18.5. The third-order valence-electron chi connectivity index (χ3n) is 4.39. The molecule has 1 aliphatic rings. The summed E-state index contributed by atoms with van der Waals surface area (Å²) in [5.41, 5.74) is 2.47. The van der Waals surface area contributed by atoms with E-state index in [-0.39, 0.29) is 24.5 Å². The molecule has 1 atom stereocenters. The zero-order valence-electron chi connectivity index (χ0n) is 14.6. The quantitative estimate of drug-likeness (QED) is 0.594. The summed E-state index contributed by atoms with van der Waals surface area (Å²) in [6.45, 7) is -0.215. The topological polar surface area (TPSA) is 55.4 Å². The fraction of sp³-hybridized carbons (Fsp3) is 0.333. The second kappa shape index (κ2) is 9.43. The van der Waals surface area contributed by atoms with Crippen molar-refractivity contribution in [3.05, 3.63) is 65.7 Å². The summed E-state index contributed by atoms with van der Waals surface area (Å²) >= 11 is 1.60. The van der Waals surface area contributed by atoms with Gasteiger partial charge < -0.3 is 10.1 Å². The van der Waals surface area contributed by atoms with E-state index in [0.29, 0.717) is 12.2 Å². The highest BCUT2D eigenvalue weighted by atomic mass is 32.2. The van der Waals surface area contributed by atoms with Crippen LogP contribution in [0.2, 0.25) is 0 Å². The Morgan fingerprint density at radius 1 is 1.08 bits per heavy atom. The van der Waals surface area contributed by atoms with Crippen LogP contribution in [0.3, 0.4) is 0 Å². The Morgan fingerprint density at radius 2 is 1.85 bits per heavy atom. The molecule has 136 valence electrons. The zero-order valence-corrected chi connectivity index (χ0v) is 15.5. The number of aryl methyl sites for hydroxylation is 1. The largest absolute Gasteiger partial charge is 0.456 e. The minimum atomic E-state index is -0.340. The lowest BCUT2D eigenvalue weighted by Gasteiger charge is -2.26. The molecule has 4 nitrogen and oxygen atoms in total. The van der Waals surface area contributed by atoms with E-state index in [1.165, 1.54) is 11.1 Å². The van der Waals surface area contributed by atoms with Crippen LogP contribution in [0.5, 0.6) is 0 Å². The Kier molecular flexibility index (Phi) is 6.72. The van der Waals surface area contributed by atoms with E-state index < -0.39 is 0 Å². The van der Waals surface area contributed by atoms with Crippen LogP contribution in [0.4, 0.5) is 0 Å². The fourth-order valence-electron chi connectivity index (χ4n) is 3.13. The molecule has 1 amide bonds. The number of carbonyl (C=O) groups excluding carboxylic acids is 2. The molecular weight excluding hydrogens is 346 g/mol. The molecule has 5 heteroatoms. The first-order valence-electron chi connectivity index (χ1n) is 8.93. The van der Waals surface area contributed by atoms with Crippen molar-refractivity contribution in [1.29, 1.82) is 0 Å². The summed E-state index contributed by atoms with van der Waals surface area (Å²) in [6, 6.07) is 18.1. The van der Waals surface area contributed by atoms with Crippen LogP contribution in [0.25, 0.3) is 0 Å². The number of fused-ring (bicyclic) bond motifs is 1. The third-order valence-corrected chi connectivity index (χ3v) is 5.40. The second-order valence-electron chi connectivity index (χ2n) is 6.28. The lowest BCUT2D eigenvalue weighted by molar-refractivity contribution is -0.148. The summed E-state index contributed by atoms with van der Waals surface area (Å²) in [6.07, 6.45) is 3.32. The molecule has 26 heavy (non-hydrogen) atoms. The maximum absolute atomic E-state index is 12.1. The number of benzene rings is 2. The molecule has 0 spiro atoms. The molecule has 0 saturated carbocycles. The van der Waals surface area contributed by atoms with Gasteiger partial charge in [0, 0.05) is 10.6 Å². The molecule has 1 aliphatic carbocycles. The van der Waals surface area contributed by atoms with Crippen LogP contribution in [0.15, 0.2) is 59.5 Å². The van der Waals surface area contributed by atoms with Crippen molar-refractivity contribution in [2.24, 2.45) is 0 Å². The number of nitrogens with one attached hydrogen (secondary N) is 1. The van der Waals surface area contributed by atoms with Crippen molar-refractivity contribution in [3.8, 4) is 0 Å². The third kappa shape index (κ3) is 5.36. The standard InChI is InChI=1S/C21H23NO3S/c23-20(22-19-12-6-8-16-7-4-5-11-18(16)19)15-25-21(24)13-14-26-17-9-2-1-3-10-17/h1-5,7,9-11,19H,6,8,12-15H2,(H,22,23)/t19-/m0/s1. The van der Waals surface area contributed by atoms with E-state index >= 15 is 0 Å². The summed E-state index contributed by atoms with van der Waals surface area (Å²) in [4.78, 5) is 25.1. The van der Waals surface area contributed by atoms with Gasteiger partial charge in [-0.2, -0.15) is 0 Å². The Hall–Kier alpha value is -2.27. The maximum Gasteiger partial charge on any atom is 0.307 e. The van der Waals surface area contributed by atoms with Crippen molar-refractivity contribution in [3.63, 3.8) is 0 Å². The summed E-state index contributed by atoms with van der Waals surface area (Å²) in [5, 5.41) is 2.99. The van der Waals surface area contributed by atoms with Gasteiger partial charge in [-0.15, -0.1) is 11.8 Å². The SMILES string of the molecule is O=C(COC(=O)CCSc1ccccc1)N[C@H]1CCCc2ccccc21. The van der Waals surface area contributed by atoms with Gasteiger partial charge in [0.1, 0.15) is 0 Å². The second-order valence-corrected chi connectivity index (χ2v) is 7.45. The molecule has 1 N–H and O–H groups in total. The summed E-state index contributed by atoms with van der Waals surface area (Å²) in [5.74, 6) is 0.0592. The van der Waals surface area contributed by atoms with Crippen LogP contribution >= 0.6 is 11.8 Å². The van der Waals surface area contributed by atoms with Gasteiger partial charge in [0.15, 0.2) is 6.61 Å². The molecule has 0 saturated heterocycles. The normalized spacial score (nSPS) is 15.8. The monoisotopic (exact) mass is 369 g/mol. The summed E-state index contributed by atoms with van der Waals surface area (Å²) < 4.78 is 5.11. The van der Waals surface area contributed by atoms with Gasteiger partial charge in [0.05, 0.1) is 12.5 Å². The number of carbonyl (C=O) groups is 2. The average Bonchev–Trinajstić information content (AvgIpc) is 2.67. The lowest BCUT2D eigenvalue weighted by Crippen LogP contribution is -2.34. The molecule has 2 aromatic rings. The van der Waals surface area contributed by atoms with Gasteiger partial charge in [0.25, 0.3) is 5.91 Å². The number of esters is 1. The Morgan fingerprint density at radius 3 is 2.69 bits per heavy atom. The van der Waals surface area contributed by atoms with Crippen molar-refractivity contribution in [2.45, 2.75) is 36.6 Å². The average molecular weight is 369 g/mol. The molecule has 0 radical (unpaired) electrons. The van der Waals surface area contributed by atoms with E-state index in [9.17, 15) is 9.59 Å². The van der Waals surface area contributed by atoms with E-state index in [0.717, 1.165) is 24.2 Å². The predicted octanol–water partition coefficient (Wildman–Crippen LogP) is 3.91. The highest BCUT2D eigenvalue weighted by molar-refractivity contribution is 7.99. The van der Waals surface area contributed by atoms with Gasteiger partial charge in [-0.3, -0.25) is 9.59 Å². The van der Waals surface area contributed by atoms with E-state index in [4.69, 9.17) is 4.74 Å². The van der Waals surface area contributed by atoms with Gasteiger partial charge in [-0.1, -0.05) is 42.5 Å². The molecule has 0 bridgehead atoms. The number of thioether (sulfide) groups is 1. The molecule has 3 rings (SSSR count). The fourth-order valence-corrected chi connectivity index (χ4v) is 3.98. The highest BCUT2D eigenvalue weighted by Crippen LogP contribution is 2.29. The highest BCUT2D eigenvalue weighted by Gasteiger charge is 2.21. The number of hydrogen-bond donors (Lipinski definition) is 1. The Labute approximate surface area is 158 Å². The van der Waals surface area contributed by atoms with Gasteiger partial charge in [-0.25, -0.2) is 0 Å². The Balaban J connectivity index is 1.38. The first-order chi connectivity index (χ1) is 12.7. The minimum absolute atomic E-state index is 0.0137. The van der Waals surface area contributed by atoms with Gasteiger partial charge in [-0.05, 0) is 42.5 Å². The van der Waals surface area contributed by atoms with E-state index in [2.05, 4.69) is 17.4 Å². The zero-order chi connectivity index (χ0) is 18.2. The van der Waals surface area contributed by atoms with Crippen molar-refractivity contribution in [2.75, 3.05) is 12.4 Å².